The summed E-state index contributed by atoms with van der Waals surface area (Å²) in [7, 11) is 0. The minimum absolute atomic E-state index is 0.244. The van der Waals surface area contributed by atoms with Gasteiger partial charge in [0, 0.05) is 6.42 Å². The van der Waals surface area contributed by atoms with Crippen LogP contribution in [0.3, 0.4) is 0 Å². The van der Waals surface area contributed by atoms with Crippen molar-refractivity contribution in [3.05, 3.63) is 60.8 Å². The SMILES string of the molecule is CCCCCCC/C=C\C/C=C\C/C=C\CCCCCCCCCCCCCCCCCCCCCCCCCCC(=O)NC(COC1OC(CO)C(OC2OC(CO)C(O)C(O)C2O)C(O)C1O)C(O)/C=C/CC/C=C/CCCCCCCCCCCCCC. The smallest absolute Gasteiger partial charge is 0.220 e. The van der Waals surface area contributed by atoms with Gasteiger partial charge in [-0.25, -0.2) is 0 Å². The van der Waals surface area contributed by atoms with Crippen molar-refractivity contribution in [3.8, 4) is 0 Å². The largest absolute Gasteiger partial charge is 0.394 e. The average molecular weight is 1290 g/mol. The third-order valence-corrected chi connectivity index (χ3v) is 18.4. The van der Waals surface area contributed by atoms with Crippen LogP contribution < -0.4 is 5.32 Å². The van der Waals surface area contributed by atoms with Crippen LogP contribution in [0, 0.1) is 0 Å². The van der Waals surface area contributed by atoms with Crippen LogP contribution >= 0.6 is 0 Å². The zero-order chi connectivity index (χ0) is 65.9. The molecule has 0 radical (unpaired) electrons. The van der Waals surface area contributed by atoms with Crippen molar-refractivity contribution in [2.24, 2.45) is 0 Å². The standard InChI is InChI=1S/C77H141NO13/c1-3-5-7-9-11-13-15-17-19-21-23-24-25-26-27-28-29-30-31-32-33-34-35-36-37-38-39-40-41-42-43-45-47-49-51-53-55-57-59-61-69(82)78-65(66(81)60-58-56-54-52-50-48-46-44-22-20-18-16-14-12-10-8-6-4-2)64-88-76-74(87)72(85)75(68(63-80)90-76)91-77-73(86)71(84)70(83)67(62-79)89-77/h15,17,21,23,25-26,50,52,58,60,65-68,70-77,79-81,83-87H,3-14,16,18-20,22,24,27-49,51,53-57,59,61-64H2,1-2H3,(H,78,82)/b17-15-,23-21-,26-25-,52-50+,60-58+. The third kappa shape index (κ3) is 44.9. The Morgan fingerprint density at radius 3 is 1.15 bits per heavy atom. The van der Waals surface area contributed by atoms with Crippen LogP contribution in [0.5, 0.6) is 0 Å². The van der Waals surface area contributed by atoms with E-state index in [1.165, 1.54) is 250 Å². The molecular weight excluding hydrogens is 1150 g/mol. The Morgan fingerprint density at radius 2 is 0.736 bits per heavy atom. The van der Waals surface area contributed by atoms with Crippen LogP contribution in [0.4, 0.5) is 0 Å². The Balaban J connectivity index is 1.58. The van der Waals surface area contributed by atoms with E-state index in [1.807, 2.05) is 6.08 Å². The van der Waals surface area contributed by atoms with Crippen molar-refractivity contribution in [2.45, 2.75) is 402 Å². The fourth-order valence-corrected chi connectivity index (χ4v) is 12.4. The maximum Gasteiger partial charge on any atom is 0.220 e. The molecule has 2 heterocycles. The van der Waals surface area contributed by atoms with Crippen LogP contribution in [0.25, 0.3) is 0 Å². The van der Waals surface area contributed by atoms with Crippen LogP contribution in [0.1, 0.15) is 328 Å². The molecule has 0 aromatic rings. The maximum absolute atomic E-state index is 13.3. The van der Waals surface area contributed by atoms with Crippen molar-refractivity contribution in [1.29, 1.82) is 0 Å². The molecule has 0 aromatic carbocycles. The van der Waals surface area contributed by atoms with Gasteiger partial charge < -0.3 is 65.1 Å². The molecule has 0 saturated carbocycles. The Kier molecular flexibility index (Phi) is 57.1. The van der Waals surface area contributed by atoms with Gasteiger partial charge in [0.05, 0.1) is 32.0 Å². The summed E-state index contributed by atoms with van der Waals surface area (Å²) in [6, 6.07) is -0.932. The summed E-state index contributed by atoms with van der Waals surface area (Å²) in [5.41, 5.74) is 0. The van der Waals surface area contributed by atoms with Crippen molar-refractivity contribution in [3.63, 3.8) is 0 Å². The molecule has 2 rings (SSSR count). The first-order valence-electron chi connectivity index (χ1n) is 38.0. The monoisotopic (exact) mass is 1290 g/mol. The van der Waals surface area contributed by atoms with Gasteiger partial charge in [-0.15, -0.1) is 0 Å². The van der Waals surface area contributed by atoms with E-state index in [1.54, 1.807) is 6.08 Å². The number of nitrogens with one attached hydrogen (secondary N) is 1. The molecule has 0 aliphatic carbocycles. The van der Waals surface area contributed by atoms with Gasteiger partial charge in [0.2, 0.25) is 5.91 Å². The lowest BCUT2D eigenvalue weighted by molar-refractivity contribution is -0.359. The summed E-state index contributed by atoms with van der Waals surface area (Å²) in [6.45, 7) is 2.80. The first-order valence-corrected chi connectivity index (χ1v) is 38.0. The molecule has 14 nitrogen and oxygen atoms in total. The molecule has 9 N–H and O–H groups in total. The fourth-order valence-electron chi connectivity index (χ4n) is 12.4. The number of allylic oxidation sites excluding steroid dienone is 9. The molecule has 91 heavy (non-hydrogen) atoms. The number of hydrogen-bond donors (Lipinski definition) is 9. The topological polar surface area (TPSA) is 228 Å². The van der Waals surface area contributed by atoms with Crippen molar-refractivity contribution in [2.75, 3.05) is 19.8 Å². The van der Waals surface area contributed by atoms with E-state index in [-0.39, 0.29) is 18.9 Å². The van der Waals surface area contributed by atoms with E-state index in [0.29, 0.717) is 12.8 Å². The second kappa shape index (κ2) is 61.3. The molecule has 1 amide bonds. The number of ether oxygens (including phenoxy) is 4. The molecule has 0 spiro atoms. The van der Waals surface area contributed by atoms with Gasteiger partial charge in [-0.1, -0.05) is 312 Å². The lowest BCUT2D eigenvalue weighted by Gasteiger charge is -2.46. The van der Waals surface area contributed by atoms with E-state index in [2.05, 4.69) is 67.8 Å². The third-order valence-electron chi connectivity index (χ3n) is 18.4. The second-order valence-corrected chi connectivity index (χ2v) is 26.8. The van der Waals surface area contributed by atoms with Gasteiger partial charge in [0.25, 0.3) is 0 Å². The highest BCUT2D eigenvalue weighted by atomic mass is 16.7. The maximum atomic E-state index is 13.3. The first-order chi connectivity index (χ1) is 44.6. The molecule has 2 saturated heterocycles. The molecule has 12 atom stereocenters. The number of aliphatic hydroxyl groups excluding tert-OH is 8. The van der Waals surface area contributed by atoms with Gasteiger partial charge in [-0.3, -0.25) is 4.79 Å². The number of rotatable bonds is 63. The molecule has 12 unspecified atom stereocenters. The van der Waals surface area contributed by atoms with Gasteiger partial charge in [0.15, 0.2) is 12.6 Å². The van der Waals surface area contributed by atoms with Crippen LogP contribution in [-0.2, 0) is 23.7 Å². The Bertz CT molecular complexity index is 1760. The van der Waals surface area contributed by atoms with Gasteiger partial charge in [-0.2, -0.15) is 0 Å². The van der Waals surface area contributed by atoms with Gasteiger partial charge in [0.1, 0.15) is 48.8 Å². The summed E-state index contributed by atoms with van der Waals surface area (Å²) in [4.78, 5) is 13.3. The normalized spacial score (nSPS) is 23.1. The predicted octanol–water partition coefficient (Wildman–Crippen LogP) is 16.4. The van der Waals surface area contributed by atoms with Crippen molar-refractivity contribution < 1.29 is 64.6 Å². The quantitative estimate of drug-likeness (QED) is 0.0204. The minimum atomic E-state index is -1.79. The lowest BCUT2D eigenvalue weighted by Crippen LogP contribution is -2.65. The highest BCUT2D eigenvalue weighted by molar-refractivity contribution is 5.76. The zero-order valence-corrected chi connectivity index (χ0v) is 58.1. The van der Waals surface area contributed by atoms with Crippen LogP contribution in [0.2, 0.25) is 0 Å². The number of hydrogen-bond acceptors (Lipinski definition) is 13. The molecule has 14 heteroatoms. The van der Waals surface area contributed by atoms with Crippen LogP contribution in [-0.4, -0.2) is 140 Å². The van der Waals surface area contributed by atoms with Crippen LogP contribution in [0.15, 0.2) is 60.8 Å². The Morgan fingerprint density at radius 1 is 0.396 bits per heavy atom. The second-order valence-electron chi connectivity index (χ2n) is 26.8. The molecule has 0 aromatic heterocycles. The molecule has 532 valence electrons. The lowest BCUT2D eigenvalue weighted by atomic mass is 9.97. The Labute approximate surface area is 556 Å². The summed E-state index contributed by atoms with van der Waals surface area (Å²) in [5.74, 6) is -0.244. The molecule has 2 aliphatic heterocycles. The first kappa shape index (κ1) is 84.8. The fraction of sp³-hybridized carbons (Fsp3) is 0.857. The van der Waals surface area contributed by atoms with Crippen molar-refractivity contribution >= 4 is 5.91 Å². The predicted molar refractivity (Wildman–Crippen MR) is 374 cm³/mol. The van der Waals surface area contributed by atoms with E-state index in [9.17, 15) is 45.6 Å². The van der Waals surface area contributed by atoms with E-state index in [0.717, 1.165) is 44.9 Å². The summed E-state index contributed by atoms with van der Waals surface area (Å²) in [6.07, 6.45) is 65.9. The number of amides is 1. The zero-order valence-electron chi connectivity index (χ0n) is 58.1. The number of carbonyl (C=O) groups is 1. The van der Waals surface area contributed by atoms with E-state index in [4.69, 9.17) is 18.9 Å². The molecule has 0 bridgehead atoms. The number of unbranched alkanes of at least 4 members (excludes halogenated alkanes) is 42. The van der Waals surface area contributed by atoms with Gasteiger partial charge in [-0.05, 0) is 70.6 Å². The Hall–Kier alpha value is -2.31. The molecule has 2 fully saturated rings. The van der Waals surface area contributed by atoms with E-state index < -0.39 is 86.8 Å². The summed E-state index contributed by atoms with van der Waals surface area (Å²) in [5, 5.41) is 87.4. The number of aliphatic hydroxyl groups is 8. The molecular formula is C77H141NO13. The summed E-state index contributed by atoms with van der Waals surface area (Å²) < 4.78 is 22.8. The summed E-state index contributed by atoms with van der Waals surface area (Å²) >= 11 is 0. The average Bonchev–Trinajstić information content (AvgIpc) is 1.19. The van der Waals surface area contributed by atoms with Crippen molar-refractivity contribution in [1.82, 2.24) is 5.32 Å². The highest BCUT2D eigenvalue weighted by Gasteiger charge is 2.51. The molecule has 2 aliphatic rings. The van der Waals surface area contributed by atoms with Gasteiger partial charge >= 0.3 is 0 Å². The van der Waals surface area contributed by atoms with E-state index >= 15 is 0 Å². The highest BCUT2D eigenvalue weighted by Crippen LogP contribution is 2.30. The minimum Gasteiger partial charge on any atom is -0.394 e. The number of carbonyl (C=O) groups excluding carboxylic acids is 1.